The van der Waals surface area contributed by atoms with Crippen molar-refractivity contribution in [3.8, 4) is 11.5 Å². The van der Waals surface area contributed by atoms with Gasteiger partial charge in [-0.1, -0.05) is 30.3 Å². The van der Waals surface area contributed by atoms with E-state index in [0.717, 1.165) is 5.56 Å². The molecule has 0 aliphatic rings. The molecule has 6 heteroatoms. The Kier molecular flexibility index (Phi) is 5.20. The quantitative estimate of drug-likeness (QED) is 0.723. The van der Waals surface area contributed by atoms with Gasteiger partial charge >= 0.3 is 0 Å². The van der Waals surface area contributed by atoms with Crippen LogP contribution in [-0.4, -0.2) is 22.6 Å². The Labute approximate surface area is 144 Å². The summed E-state index contributed by atoms with van der Waals surface area (Å²) in [5, 5.41) is 12.3. The van der Waals surface area contributed by atoms with Crippen molar-refractivity contribution in [1.82, 2.24) is 10.3 Å². The van der Waals surface area contributed by atoms with Crippen LogP contribution in [0.2, 0.25) is 0 Å². The van der Waals surface area contributed by atoms with E-state index in [1.807, 2.05) is 30.3 Å². The van der Waals surface area contributed by atoms with E-state index in [0.29, 0.717) is 17.1 Å². The van der Waals surface area contributed by atoms with Crippen LogP contribution in [0.15, 0.2) is 65.3 Å². The molecule has 3 rings (SSSR count). The molecule has 1 aromatic heterocycles. The summed E-state index contributed by atoms with van der Waals surface area (Å²) in [6.45, 7) is -0.199. The number of aromatic nitrogens is 1. The molecule has 0 radical (unpaired) electrons. The van der Waals surface area contributed by atoms with Gasteiger partial charge in [-0.2, -0.15) is 0 Å². The van der Waals surface area contributed by atoms with Crippen molar-refractivity contribution in [2.45, 2.75) is 12.5 Å². The lowest BCUT2D eigenvalue weighted by atomic mass is 10.1. The van der Waals surface area contributed by atoms with E-state index in [1.165, 1.54) is 18.4 Å². The smallest absolute Gasteiger partial charge is 0.226 e. The lowest BCUT2D eigenvalue weighted by Gasteiger charge is -2.16. The molecule has 0 bridgehead atoms. The third-order valence-electron chi connectivity index (χ3n) is 3.70. The molecule has 1 atom stereocenters. The fourth-order valence-electron chi connectivity index (χ4n) is 2.44. The monoisotopic (exact) mass is 340 g/mol. The first-order chi connectivity index (χ1) is 12.2. The first kappa shape index (κ1) is 16.9. The molecule has 128 valence electrons. The second-order valence-electron chi connectivity index (χ2n) is 5.54. The summed E-state index contributed by atoms with van der Waals surface area (Å²) in [6, 6.07) is 14.5. The fourth-order valence-corrected chi connectivity index (χ4v) is 2.44. The lowest BCUT2D eigenvalue weighted by molar-refractivity contribution is -0.121. The van der Waals surface area contributed by atoms with Crippen LogP contribution >= 0.6 is 0 Å². The van der Waals surface area contributed by atoms with Crippen molar-refractivity contribution in [2.75, 3.05) is 6.61 Å². The van der Waals surface area contributed by atoms with E-state index in [9.17, 15) is 14.3 Å². The van der Waals surface area contributed by atoms with Crippen LogP contribution in [0.3, 0.4) is 0 Å². The molecule has 1 unspecified atom stereocenters. The number of amides is 1. The van der Waals surface area contributed by atoms with Crippen LogP contribution in [0.4, 0.5) is 4.39 Å². The standard InChI is InChI=1S/C19H17FN2O3/c20-15-8-6-14(7-9-15)19-21-16(12-25-19)10-18(24)22-17(11-23)13-4-2-1-3-5-13/h1-9,12,17,23H,10-11H2,(H,22,24). The van der Waals surface area contributed by atoms with E-state index >= 15 is 0 Å². The number of benzene rings is 2. The third kappa shape index (κ3) is 4.30. The van der Waals surface area contributed by atoms with Gasteiger partial charge in [-0.3, -0.25) is 4.79 Å². The van der Waals surface area contributed by atoms with Gasteiger partial charge in [0, 0.05) is 5.56 Å². The Morgan fingerprint density at radius 1 is 1.16 bits per heavy atom. The summed E-state index contributed by atoms with van der Waals surface area (Å²) in [6.07, 6.45) is 1.42. The molecule has 1 amide bonds. The predicted octanol–water partition coefficient (Wildman–Crippen LogP) is 2.87. The Hall–Kier alpha value is -2.99. The number of carbonyl (C=O) groups excluding carboxylic acids is 1. The highest BCUT2D eigenvalue weighted by atomic mass is 19.1. The minimum atomic E-state index is -0.475. The zero-order valence-electron chi connectivity index (χ0n) is 13.4. The minimum absolute atomic E-state index is 0.0219. The Bertz CT molecular complexity index is 831. The van der Waals surface area contributed by atoms with Gasteiger partial charge in [0.1, 0.15) is 12.1 Å². The summed E-state index contributed by atoms with van der Waals surface area (Å²) < 4.78 is 18.3. The summed E-state index contributed by atoms with van der Waals surface area (Å²) >= 11 is 0. The number of aliphatic hydroxyl groups excluding tert-OH is 1. The van der Waals surface area contributed by atoms with Gasteiger partial charge in [0.15, 0.2) is 0 Å². The van der Waals surface area contributed by atoms with Crippen molar-refractivity contribution in [2.24, 2.45) is 0 Å². The molecule has 2 aromatic carbocycles. The first-order valence-corrected chi connectivity index (χ1v) is 7.81. The SMILES string of the molecule is O=C(Cc1coc(-c2ccc(F)cc2)n1)NC(CO)c1ccccc1. The molecule has 0 aliphatic heterocycles. The molecule has 25 heavy (non-hydrogen) atoms. The summed E-state index contributed by atoms with van der Waals surface area (Å²) in [7, 11) is 0. The van der Waals surface area contributed by atoms with E-state index in [-0.39, 0.29) is 24.8 Å². The van der Waals surface area contributed by atoms with Crippen molar-refractivity contribution in [3.63, 3.8) is 0 Å². The van der Waals surface area contributed by atoms with Gasteiger partial charge in [0.25, 0.3) is 0 Å². The largest absolute Gasteiger partial charge is 0.444 e. The normalized spacial score (nSPS) is 11.9. The first-order valence-electron chi connectivity index (χ1n) is 7.81. The van der Waals surface area contributed by atoms with Crippen LogP contribution in [0.1, 0.15) is 17.3 Å². The number of aliphatic hydroxyl groups is 1. The highest BCUT2D eigenvalue weighted by Crippen LogP contribution is 2.19. The van der Waals surface area contributed by atoms with Gasteiger partial charge in [-0.25, -0.2) is 9.37 Å². The topological polar surface area (TPSA) is 75.4 Å². The van der Waals surface area contributed by atoms with Crippen LogP contribution in [0.25, 0.3) is 11.5 Å². The molecule has 1 heterocycles. The van der Waals surface area contributed by atoms with Gasteiger partial charge in [0.2, 0.25) is 11.8 Å². The lowest BCUT2D eigenvalue weighted by Crippen LogP contribution is -2.32. The van der Waals surface area contributed by atoms with Crippen molar-refractivity contribution >= 4 is 5.91 Å². The molecule has 0 saturated carbocycles. The van der Waals surface area contributed by atoms with Crippen LogP contribution in [-0.2, 0) is 11.2 Å². The molecule has 3 aromatic rings. The fraction of sp³-hybridized carbons (Fsp3) is 0.158. The van der Waals surface area contributed by atoms with Crippen molar-refractivity contribution in [3.05, 3.63) is 77.9 Å². The highest BCUT2D eigenvalue weighted by Gasteiger charge is 2.15. The molecule has 0 spiro atoms. The number of hydrogen-bond acceptors (Lipinski definition) is 4. The number of oxazole rings is 1. The average Bonchev–Trinajstić information content (AvgIpc) is 3.09. The van der Waals surface area contributed by atoms with E-state index in [2.05, 4.69) is 10.3 Å². The Morgan fingerprint density at radius 2 is 1.88 bits per heavy atom. The minimum Gasteiger partial charge on any atom is -0.444 e. The number of nitrogens with one attached hydrogen (secondary N) is 1. The Morgan fingerprint density at radius 3 is 2.56 bits per heavy atom. The second-order valence-corrected chi connectivity index (χ2v) is 5.54. The molecule has 0 fully saturated rings. The summed E-state index contributed by atoms with van der Waals surface area (Å²) in [4.78, 5) is 16.4. The van der Waals surface area contributed by atoms with Crippen LogP contribution < -0.4 is 5.32 Å². The molecule has 5 nitrogen and oxygen atoms in total. The maximum atomic E-state index is 13.0. The Balaban J connectivity index is 1.64. The van der Waals surface area contributed by atoms with E-state index < -0.39 is 6.04 Å². The third-order valence-corrected chi connectivity index (χ3v) is 3.70. The molecular weight excluding hydrogens is 323 g/mol. The zero-order chi connectivity index (χ0) is 17.6. The number of carbonyl (C=O) groups is 1. The summed E-state index contributed by atoms with van der Waals surface area (Å²) in [5.74, 6) is -0.294. The number of hydrogen-bond donors (Lipinski definition) is 2. The number of nitrogens with zero attached hydrogens (tertiary/aromatic N) is 1. The molecular formula is C19H17FN2O3. The van der Waals surface area contributed by atoms with Gasteiger partial charge in [0.05, 0.1) is 24.8 Å². The average molecular weight is 340 g/mol. The molecule has 0 aliphatic carbocycles. The van der Waals surface area contributed by atoms with E-state index in [1.54, 1.807) is 12.1 Å². The predicted molar refractivity (Wildman–Crippen MR) is 90.0 cm³/mol. The number of halogens is 1. The van der Waals surface area contributed by atoms with Gasteiger partial charge in [-0.05, 0) is 29.8 Å². The maximum absolute atomic E-state index is 13.0. The van der Waals surface area contributed by atoms with Gasteiger partial charge < -0.3 is 14.8 Å². The highest BCUT2D eigenvalue weighted by molar-refractivity contribution is 5.78. The number of rotatable bonds is 6. The van der Waals surface area contributed by atoms with Crippen LogP contribution in [0, 0.1) is 5.82 Å². The van der Waals surface area contributed by atoms with Crippen molar-refractivity contribution < 1.29 is 18.7 Å². The molecule has 0 saturated heterocycles. The second kappa shape index (κ2) is 7.72. The summed E-state index contributed by atoms with van der Waals surface area (Å²) in [5.41, 5.74) is 1.91. The van der Waals surface area contributed by atoms with Gasteiger partial charge in [-0.15, -0.1) is 0 Å². The zero-order valence-corrected chi connectivity index (χ0v) is 13.4. The maximum Gasteiger partial charge on any atom is 0.226 e. The van der Waals surface area contributed by atoms with Crippen LogP contribution in [0.5, 0.6) is 0 Å². The molecule has 2 N–H and O–H groups in total. The van der Waals surface area contributed by atoms with E-state index in [4.69, 9.17) is 4.42 Å². The van der Waals surface area contributed by atoms with Crippen molar-refractivity contribution in [1.29, 1.82) is 0 Å².